The second-order valence-electron chi connectivity index (χ2n) is 6.92. The SMILES string of the molecule is O=C(CCn1c(=O)oc2cc(S(=O)(=O)N3CCCC3)ccc21)Nc1ccccc1. The minimum Gasteiger partial charge on any atom is -0.408 e. The van der Waals surface area contributed by atoms with E-state index in [0.717, 1.165) is 12.8 Å². The molecule has 1 fully saturated rings. The van der Waals surface area contributed by atoms with Gasteiger partial charge in [-0.1, -0.05) is 18.2 Å². The topological polar surface area (TPSA) is 102 Å². The van der Waals surface area contributed by atoms with E-state index in [1.807, 2.05) is 18.2 Å². The quantitative estimate of drug-likeness (QED) is 0.666. The molecule has 0 bridgehead atoms. The molecule has 1 aliphatic rings. The van der Waals surface area contributed by atoms with Gasteiger partial charge in [-0.15, -0.1) is 0 Å². The molecule has 0 atom stereocenters. The maximum absolute atomic E-state index is 12.7. The Hall–Kier alpha value is -2.91. The van der Waals surface area contributed by atoms with Crippen LogP contribution < -0.4 is 11.1 Å². The third-order valence-corrected chi connectivity index (χ3v) is 6.86. The zero-order valence-electron chi connectivity index (χ0n) is 15.7. The van der Waals surface area contributed by atoms with Crippen molar-refractivity contribution in [1.82, 2.24) is 8.87 Å². The zero-order chi connectivity index (χ0) is 20.4. The molecule has 9 heteroatoms. The Balaban J connectivity index is 1.53. The van der Waals surface area contributed by atoms with Crippen LogP contribution in [0.3, 0.4) is 0 Å². The van der Waals surface area contributed by atoms with Crippen LogP contribution in [0, 0.1) is 0 Å². The van der Waals surface area contributed by atoms with Gasteiger partial charge in [0, 0.05) is 37.8 Å². The van der Waals surface area contributed by atoms with Crippen molar-refractivity contribution in [1.29, 1.82) is 0 Å². The first-order chi connectivity index (χ1) is 13.9. The number of carbonyl (C=O) groups excluding carboxylic acids is 1. The number of rotatable bonds is 6. The van der Waals surface area contributed by atoms with Crippen LogP contribution in [0.1, 0.15) is 19.3 Å². The van der Waals surface area contributed by atoms with Crippen molar-refractivity contribution >= 4 is 32.7 Å². The number of nitrogens with one attached hydrogen (secondary N) is 1. The Morgan fingerprint density at radius 3 is 2.52 bits per heavy atom. The standard InChI is InChI=1S/C20H21N3O5S/c24-19(21-15-6-2-1-3-7-15)10-13-23-17-9-8-16(14-18(17)28-20(23)25)29(26,27)22-11-4-5-12-22/h1-3,6-9,14H,4-5,10-13H2,(H,21,24). The van der Waals surface area contributed by atoms with E-state index in [9.17, 15) is 18.0 Å². The van der Waals surface area contributed by atoms with Crippen LogP contribution >= 0.6 is 0 Å². The highest BCUT2D eigenvalue weighted by molar-refractivity contribution is 7.89. The molecule has 3 aromatic rings. The highest BCUT2D eigenvalue weighted by atomic mass is 32.2. The molecule has 1 aromatic heterocycles. The molecule has 2 aromatic carbocycles. The van der Waals surface area contributed by atoms with Gasteiger partial charge in [0.15, 0.2) is 5.58 Å². The summed E-state index contributed by atoms with van der Waals surface area (Å²) in [6.45, 7) is 1.13. The summed E-state index contributed by atoms with van der Waals surface area (Å²) in [6, 6.07) is 13.5. The normalized spacial score (nSPS) is 15.0. The van der Waals surface area contributed by atoms with Gasteiger partial charge in [-0.05, 0) is 37.1 Å². The average molecular weight is 415 g/mol. The molecule has 4 rings (SSSR count). The van der Waals surface area contributed by atoms with Gasteiger partial charge in [0.05, 0.1) is 10.4 Å². The Labute approximate surface area is 167 Å². The fraction of sp³-hybridized carbons (Fsp3) is 0.300. The van der Waals surface area contributed by atoms with Crippen molar-refractivity contribution in [2.75, 3.05) is 18.4 Å². The maximum Gasteiger partial charge on any atom is 0.419 e. The van der Waals surface area contributed by atoms with Crippen LogP contribution in [-0.4, -0.2) is 36.3 Å². The highest BCUT2D eigenvalue weighted by Crippen LogP contribution is 2.24. The summed E-state index contributed by atoms with van der Waals surface area (Å²) < 4.78 is 33.4. The van der Waals surface area contributed by atoms with Crippen LogP contribution in [0.4, 0.5) is 5.69 Å². The van der Waals surface area contributed by atoms with E-state index in [0.29, 0.717) is 24.3 Å². The lowest BCUT2D eigenvalue weighted by atomic mass is 10.3. The van der Waals surface area contributed by atoms with Crippen molar-refractivity contribution in [3.8, 4) is 0 Å². The predicted octanol–water partition coefficient (Wildman–Crippen LogP) is 2.41. The fourth-order valence-electron chi connectivity index (χ4n) is 3.45. The highest BCUT2D eigenvalue weighted by Gasteiger charge is 2.28. The number of sulfonamides is 1. The van der Waals surface area contributed by atoms with E-state index >= 15 is 0 Å². The van der Waals surface area contributed by atoms with Crippen molar-refractivity contribution in [2.45, 2.75) is 30.7 Å². The first kappa shape index (κ1) is 19.4. The number of nitrogens with zero attached hydrogens (tertiary/aromatic N) is 2. The van der Waals surface area contributed by atoms with Crippen molar-refractivity contribution in [3.05, 3.63) is 59.1 Å². The monoisotopic (exact) mass is 415 g/mol. The van der Waals surface area contributed by atoms with Gasteiger partial charge in [-0.25, -0.2) is 13.2 Å². The first-order valence-electron chi connectivity index (χ1n) is 9.43. The molecule has 1 saturated heterocycles. The fourth-order valence-corrected chi connectivity index (χ4v) is 4.99. The Morgan fingerprint density at radius 1 is 1.07 bits per heavy atom. The van der Waals surface area contributed by atoms with Crippen LogP contribution in [-0.2, 0) is 21.4 Å². The van der Waals surface area contributed by atoms with Gasteiger partial charge in [0.1, 0.15) is 0 Å². The summed E-state index contributed by atoms with van der Waals surface area (Å²) in [4.78, 5) is 24.5. The van der Waals surface area contributed by atoms with Crippen LogP contribution in [0.5, 0.6) is 0 Å². The molecular formula is C20H21N3O5S. The van der Waals surface area contributed by atoms with Crippen LogP contribution in [0.15, 0.2) is 62.6 Å². The lowest BCUT2D eigenvalue weighted by Gasteiger charge is -2.15. The molecule has 0 aliphatic carbocycles. The number of para-hydroxylation sites is 1. The molecule has 0 saturated carbocycles. The minimum absolute atomic E-state index is 0.0806. The van der Waals surface area contributed by atoms with Crippen molar-refractivity contribution in [2.24, 2.45) is 0 Å². The summed E-state index contributed by atoms with van der Waals surface area (Å²) >= 11 is 0. The number of benzene rings is 2. The lowest BCUT2D eigenvalue weighted by Crippen LogP contribution is -2.27. The van der Waals surface area contributed by atoms with Gasteiger partial charge in [-0.3, -0.25) is 9.36 Å². The van der Waals surface area contributed by atoms with E-state index in [1.165, 1.54) is 21.0 Å². The Morgan fingerprint density at radius 2 is 1.79 bits per heavy atom. The second kappa shape index (κ2) is 7.84. The van der Waals surface area contributed by atoms with Crippen molar-refractivity contribution < 1.29 is 17.6 Å². The maximum atomic E-state index is 12.7. The molecule has 0 radical (unpaired) electrons. The number of carbonyl (C=O) groups is 1. The molecule has 1 N–H and O–H groups in total. The summed E-state index contributed by atoms with van der Waals surface area (Å²) in [5.41, 5.74) is 1.33. The molecule has 29 heavy (non-hydrogen) atoms. The predicted molar refractivity (Wildman–Crippen MR) is 108 cm³/mol. The molecule has 0 unspecified atom stereocenters. The summed E-state index contributed by atoms with van der Waals surface area (Å²) in [6.07, 6.45) is 1.77. The van der Waals surface area contributed by atoms with Crippen LogP contribution in [0.25, 0.3) is 11.1 Å². The Kier molecular flexibility index (Phi) is 5.25. The second-order valence-corrected chi connectivity index (χ2v) is 8.86. The average Bonchev–Trinajstić information content (AvgIpc) is 3.35. The summed E-state index contributed by atoms with van der Waals surface area (Å²) in [7, 11) is -3.60. The van der Waals surface area contributed by atoms with Crippen molar-refractivity contribution in [3.63, 3.8) is 0 Å². The number of hydrogen-bond donors (Lipinski definition) is 1. The third kappa shape index (κ3) is 3.96. The molecule has 2 heterocycles. The van der Waals surface area contributed by atoms with E-state index in [2.05, 4.69) is 5.32 Å². The van der Waals surface area contributed by atoms with Gasteiger partial charge in [0.25, 0.3) is 0 Å². The molecule has 1 amide bonds. The lowest BCUT2D eigenvalue weighted by molar-refractivity contribution is -0.116. The largest absolute Gasteiger partial charge is 0.419 e. The number of aryl methyl sites for hydroxylation is 1. The van der Waals surface area contributed by atoms with Gasteiger partial charge in [0.2, 0.25) is 15.9 Å². The number of amides is 1. The van der Waals surface area contributed by atoms with E-state index in [4.69, 9.17) is 4.42 Å². The van der Waals surface area contributed by atoms with Gasteiger partial charge >= 0.3 is 5.76 Å². The Bertz CT molecular complexity index is 1190. The summed E-state index contributed by atoms with van der Waals surface area (Å²) in [5, 5.41) is 2.76. The minimum atomic E-state index is -3.60. The van der Waals surface area contributed by atoms with Crippen LogP contribution in [0.2, 0.25) is 0 Å². The third-order valence-electron chi connectivity index (χ3n) is 4.96. The number of fused-ring (bicyclic) bond motifs is 1. The molecule has 1 aliphatic heterocycles. The number of hydrogen-bond acceptors (Lipinski definition) is 5. The van der Waals surface area contributed by atoms with E-state index < -0.39 is 15.8 Å². The number of anilines is 1. The smallest absolute Gasteiger partial charge is 0.408 e. The van der Waals surface area contributed by atoms with Gasteiger partial charge < -0.3 is 9.73 Å². The van der Waals surface area contributed by atoms with E-state index in [1.54, 1.807) is 18.2 Å². The zero-order valence-corrected chi connectivity index (χ0v) is 16.5. The first-order valence-corrected chi connectivity index (χ1v) is 10.9. The molecule has 8 nitrogen and oxygen atoms in total. The molecule has 0 spiro atoms. The molecular weight excluding hydrogens is 394 g/mol. The van der Waals surface area contributed by atoms with E-state index in [-0.39, 0.29) is 29.4 Å². The number of oxazole rings is 1. The van der Waals surface area contributed by atoms with Gasteiger partial charge in [-0.2, -0.15) is 4.31 Å². The molecule has 152 valence electrons. The summed E-state index contributed by atoms with van der Waals surface area (Å²) in [5.74, 6) is -0.853. The number of aromatic nitrogens is 1.